The van der Waals surface area contributed by atoms with Crippen molar-refractivity contribution in [3.05, 3.63) is 21.4 Å². The van der Waals surface area contributed by atoms with Gasteiger partial charge in [-0.3, -0.25) is 0 Å². The van der Waals surface area contributed by atoms with E-state index in [2.05, 4.69) is 39.1 Å². The molecule has 0 spiro atoms. The van der Waals surface area contributed by atoms with E-state index in [9.17, 15) is 0 Å². The summed E-state index contributed by atoms with van der Waals surface area (Å²) < 4.78 is 0. The first-order valence-electron chi connectivity index (χ1n) is 4.86. The van der Waals surface area contributed by atoms with Crippen LogP contribution in [0.3, 0.4) is 0 Å². The lowest BCUT2D eigenvalue weighted by Crippen LogP contribution is -2.18. The molecule has 0 aromatic carbocycles. The second kappa shape index (κ2) is 4.77. The van der Waals surface area contributed by atoms with Gasteiger partial charge in [-0.25, -0.2) is 0 Å². The molecule has 1 N–H and O–H groups in total. The molecule has 0 aliphatic rings. The van der Waals surface area contributed by atoms with Crippen molar-refractivity contribution in [1.29, 1.82) is 0 Å². The molecule has 0 fully saturated rings. The van der Waals surface area contributed by atoms with Gasteiger partial charge >= 0.3 is 0 Å². The van der Waals surface area contributed by atoms with Crippen LogP contribution in [0.4, 0.5) is 0 Å². The Morgan fingerprint density at radius 1 is 1.38 bits per heavy atom. The van der Waals surface area contributed by atoms with Crippen LogP contribution < -0.4 is 5.32 Å². The average Bonchev–Trinajstić information content (AvgIpc) is 2.30. The monoisotopic (exact) mass is 197 g/mol. The molecular formula is C11H19NS. The third-order valence-electron chi connectivity index (χ3n) is 2.07. The second-order valence-electron chi connectivity index (χ2n) is 3.98. The van der Waals surface area contributed by atoms with E-state index in [1.165, 1.54) is 15.3 Å². The van der Waals surface area contributed by atoms with E-state index < -0.39 is 0 Å². The molecule has 1 heterocycles. The molecule has 0 radical (unpaired) electrons. The van der Waals surface area contributed by atoms with E-state index in [1.807, 2.05) is 11.3 Å². The van der Waals surface area contributed by atoms with Crippen LogP contribution in [0, 0.1) is 19.8 Å². The van der Waals surface area contributed by atoms with E-state index in [-0.39, 0.29) is 0 Å². The maximum Gasteiger partial charge on any atom is 0.0300 e. The summed E-state index contributed by atoms with van der Waals surface area (Å²) in [6, 6.07) is 2.29. The normalized spacial score (nSPS) is 11.2. The maximum atomic E-state index is 3.45. The van der Waals surface area contributed by atoms with Gasteiger partial charge in [-0.2, -0.15) is 0 Å². The van der Waals surface area contributed by atoms with E-state index in [1.54, 1.807) is 0 Å². The largest absolute Gasteiger partial charge is 0.312 e. The van der Waals surface area contributed by atoms with Gasteiger partial charge in [0.1, 0.15) is 0 Å². The number of thiophene rings is 1. The van der Waals surface area contributed by atoms with Gasteiger partial charge in [0.05, 0.1) is 0 Å². The number of aryl methyl sites for hydroxylation is 2. The molecule has 0 aliphatic heterocycles. The highest BCUT2D eigenvalue weighted by molar-refractivity contribution is 7.12. The second-order valence-corrected chi connectivity index (χ2v) is 5.32. The fourth-order valence-electron chi connectivity index (χ4n) is 1.22. The van der Waals surface area contributed by atoms with E-state index in [0.29, 0.717) is 0 Å². The van der Waals surface area contributed by atoms with Gasteiger partial charge in [-0.1, -0.05) is 13.8 Å². The summed E-state index contributed by atoms with van der Waals surface area (Å²) in [6.45, 7) is 11.0. The van der Waals surface area contributed by atoms with Crippen LogP contribution in [-0.4, -0.2) is 6.54 Å². The molecule has 13 heavy (non-hydrogen) atoms. The first kappa shape index (κ1) is 10.7. The minimum Gasteiger partial charge on any atom is -0.312 e. The highest BCUT2D eigenvalue weighted by atomic mass is 32.1. The van der Waals surface area contributed by atoms with E-state index in [4.69, 9.17) is 0 Å². The molecule has 74 valence electrons. The van der Waals surface area contributed by atoms with Crippen molar-refractivity contribution >= 4 is 11.3 Å². The van der Waals surface area contributed by atoms with Gasteiger partial charge in [0.15, 0.2) is 0 Å². The fourth-order valence-corrected chi connectivity index (χ4v) is 2.24. The standard InChI is InChI=1S/C11H19NS/c1-8(2)6-12-7-11-5-9(3)10(4)13-11/h5,8,12H,6-7H2,1-4H3. The van der Waals surface area contributed by atoms with Gasteiger partial charge in [0, 0.05) is 16.3 Å². The Hall–Kier alpha value is -0.340. The van der Waals surface area contributed by atoms with Gasteiger partial charge in [-0.15, -0.1) is 11.3 Å². The zero-order valence-electron chi connectivity index (χ0n) is 8.98. The van der Waals surface area contributed by atoms with Crippen molar-refractivity contribution in [2.24, 2.45) is 5.92 Å². The summed E-state index contributed by atoms with van der Waals surface area (Å²) in [5, 5.41) is 3.45. The molecule has 0 atom stereocenters. The smallest absolute Gasteiger partial charge is 0.0300 e. The molecule has 0 saturated carbocycles. The zero-order valence-corrected chi connectivity index (χ0v) is 9.79. The highest BCUT2D eigenvalue weighted by Crippen LogP contribution is 2.20. The van der Waals surface area contributed by atoms with Crippen molar-refractivity contribution < 1.29 is 0 Å². The Morgan fingerprint density at radius 3 is 2.54 bits per heavy atom. The fraction of sp³-hybridized carbons (Fsp3) is 0.636. The molecule has 2 heteroatoms. The summed E-state index contributed by atoms with van der Waals surface area (Å²) in [5.74, 6) is 0.738. The number of hydrogen-bond acceptors (Lipinski definition) is 2. The lowest BCUT2D eigenvalue weighted by atomic mass is 10.2. The quantitative estimate of drug-likeness (QED) is 0.782. The zero-order chi connectivity index (χ0) is 9.84. The predicted octanol–water partition coefficient (Wildman–Crippen LogP) is 3.11. The molecule has 1 aromatic heterocycles. The molecule has 1 rings (SSSR count). The van der Waals surface area contributed by atoms with Crippen molar-refractivity contribution in [2.75, 3.05) is 6.54 Å². The Morgan fingerprint density at radius 2 is 2.08 bits per heavy atom. The number of rotatable bonds is 4. The van der Waals surface area contributed by atoms with Crippen molar-refractivity contribution in [3.63, 3.8) is 0 Å². The molecule has 1 nitrogen and oxygen atoms in total. The molecule has 1 aromatic rings. The van der Waals surface area contributed by atoms with Crippen molar-refractivity contribution in [1.82, 2.24) is 5.32 Å². The minimum absolute atomic E-state index is 0.738. The lowest BCUT2D eigenvalue weighted by molar-refractivity contribution is 0.555. The van der Waals surface area contributed by atoms with Crippen LogP contribution in [0.25, 0.3) is 0 Å². The molecular weight excluding hydrogens is 178 g/mol. The third kappa shape index (κ3) is 3.49. The van der Waals surface area contributed by atoms with Gasteiger partial charge in [-0.05, 0) is 37.9 Å². The summed E-state index contributed by atoms with van der Waals surface area (Å²) in [5.41, 5.74) is 1.42. The Kier molecular flexibility index (Phi) is 3.94. The van der Waals surface area contributed by atoms with E-state index >= 15 is 0 Å². The van der Waals surface area contributed by atoms with Gasteiger partial charge in [0.2, 0.25) is 0 Å². The summed E-state index contributed by atoms with van der Waals surface area (Å²) in [6.07, 6.45) is 0. The third-order valence-corrected chi connectivity index (χ3v) is 3.22. The number of nitrogens with one attached hydrogen (secondary N) is 1. The Balaban J connectivity index is 2.37. The Labute approximate surface area is 85.2 Å². The first-order valence-corrected chi connectivity index (χ1v) is 5.68. The van der Waals surface area contributed by atoms with Gasteiger partial charge in [0.25, 0.3) is 0 Å². The predicted molar refractivity (Wildman–Crippen MR) is 60.3 cm³/mol. The number of hydrogen-bond donors (Lipinski definition) is 1. The van der Waals surface area contributed by atoms with Crippen LogP contribution in [0.1, 0.15) is 29.2 Å². The van der Waals surface area contributed by atoms with E-state index in [0.717, 1.165) is 19.0 Å². The highest BCUT2D eigenvalue weighted by Gasteiger charge is 2.01. The maximum absolute atomic E-state index is 3.45. The SMILES string of the molecule is Cc1cc(CNCC(C)C)sc1C. The summed E-state index contributed by atoms with van der Waals surface area (Å²) in [4.78, 5) is 2.90. The van der Waals surface area contributed by atoms with Crippen LogP contribution in [0.15, 0.2) is 6.07 Å². The van der Waals surface area contributed by atoms with Crippen molar-refractivity contribution in [3.8, 4) is 0 Å². The lowest BCUT2D eigenvalue weighted by Gasteiger charge is -2.04. The van der Waals surface area contributed by atoms with Gasteiger partial charge < -0.3 is 5.32 Å². The summed E-state index contributed by atoms with van der Waals surface area (Å²) >= 11 is 1.90. The molecule has 0 bridgehead atoms. The molecule has 0 aliphatic carbocycles. The Bertz CT molecular complexity index is 244. The first-order chi connectivity index (χ1) is 6.09. The van der Waals surface area contributed by atoms with Crippen molar-refractivity contribution in [2.45, 2.75) is 34.2 Å². The molecule has 0 amide bonds. The van der Waals surface area contributed by atoms with Crippen LogP contribution in [0.2, 0.25) is 0 Å². The topological polar surface area (TPSA) is 12.0 Å². The van der Waals surface area contributed by atoms with Crippen LogP contribution in [-0.2, 0) is 6.54 Å². The van der Waals surface area contributed by atoms with Crippen LogP contribution in [0.5, 0.6) is 0 Å². The summed E-state index contributed by atoms with van der Waals surface area (Å²) in [7, 11) is 0. The van der Waals surface area contributed by atoms with Crippen LogP contribution >= 0.6 is 11.3 Å². The molecule has 0 unspecified atom stereocenters. The molecule has 0 saturated heterocycles. The average molecular weight is 197 g/mol. The minimum atomic E-state index is 0.738.